The van der Waals surface area contributed by atoms with Crippen LogP contribution in [0.5, 0.6) is 5.75 Å². The van der Waals surface area contributed by atoms with Crippen molar-refractivity contribution in [1.29, 1.82) is 0 Å². The van der Waals surface area contributed by atoms with Gasteiger partial charge in [0.05, 0.1) is 13.3 Å². The van der Waals surface area contributed by atoms with E-state index >= 15 is 0 Å². The highest BCUT2D eigenvalue weighted by Crippen LogP contribution is 2.60. The molecule has 4 aliphatic carbocycles. The molecule has 1 aromatic carbocycles. The second kappa shape index (κ2) is 6.76. The lowest BCUT2D eigenvalue weighted by Crippen LogP contribution is -2.48. The fourth-order valence-electron chi connectivity index (χ4n) is 6.06. The van der Waals surface area contributed by atoms with Gasteiger partial charge in [-0.15, -0.1) is 0 Å². The minimum absolute atomic E-state index is 0.215. The van der Waals surface area contributed by atoms with Gasteiger partial charge in [-0.2, -0.15) is 10.2 Å². The van der Waals surface area contributed by atoms with Crippen LogP contribution < -0.4 is 10.2 Å². The third-order valence-electron chi connectivity index (χ3n) is 6.92. The number of amides is 1. The number of H-pyrrole nitrogens is 1. The van der Waals surface area contributed by atoms with Crippen LogP contribution in [0.2, 0.25) is 0 Å². The van der Waals surface area contributed by atoms with Gasteiger partial charge >= 0.3 is 0 Å². The van der Waals surface area contributed by atoms with Crippen molar-refractivity contribution in [1.82, 2.24) is 15.6 Å². The molecule has 0 saturated heterocycles. The molecule has 6 heteroatoms. The van der Waals surface area contributed by atoms with E-state index in [9.17, 15) is 4.79 Å². The number of nitrogens with zero attached hydrogens (tertiary/aromatic N) is 2. The Morgan fingerprint density at radius 1 is 1.18 bits per heavy atom. The summed E-state index contributed by atoms with van der Waals surface area (Å²) in [7, 11) is 1.63. The molecular formula is C22H26N4O2. The summed E-state index contributed by atoms with van der Waals surface area (Å²) in [5.41, 5.74) is 5.24. The molecule has 2 aromatic rings. The van der Waals surface area contributed by atoms with Crippen molar-refractivity contribution in [3.05, 3.63) is 47.3 Å². The number of aromatic amines is 1. The van der Waals surface area contributed by atoms with E-state index in [0.717, 1.165) is 34.8 Å². The Morgan fingerprint density at radius 2 is 1.82 bits per heavy atom. The molecule has 6 rings (SSSR count). The van der Waals surface area contributed by atoms with Gasteiger partial charge in [-0.25, -0.2) is 5.43 Å². The maximum Gasteiger partial charge on any atom is 0.291 e. The highest BCUT2D eigenvalue weighted by atomic mass is 16.5. The second-order valence-electron chi connectivity index (χ2n) is 8.84. The van der Waals surface area contributed by atoms with Crippen LogP contribution in [0.15, 0.2) is 35.4 Å². The molecule has 4 fully saturated rings. The van der Waals surface area contributed by atoms with E-state index in [1.54, 1.807) is 13.3 Å². The Balaban J connectivity index is 1.26. The molecule has 4 bridgehead atoms. The number of hydrogen-bond acceptors (Lipinski definition) is 4. The van der Waals surface area contributed by atoms with Crippen molar-refractivity contribution in [2.24, 2.45) is 22.9 Å². The first-order chi connectivity index (χ1) is 13.6. The topological polar surface area (TPSA) is 79.4 Å². The van der Waals surface area contributed by atoms with Gasteiger partial charge in [0, 0.05) is 11.1 Å². The van der Waals surface area contributed by atoms with Crippen LogP contribution in [0.4, 0.5) is 0 Å². The monoisotopic (exact) mass is 378 g/mol. The zero-order valence-electron chi connectivity index (χ0n) is 16.1. The van der Waals surface area contributed by atoms with Gasteiger partial charge in [0.2, 0.25) is 0 Å². The van der Waals surface area contributed by atoms with Gasteiger partial charge in [-0.3, -0.25) is 9.89 Å². The smallest absolute Gasteiger partial charge is 0.291 e. The molecule has 6 nitrogen and oxygen atoms in total. The first-order valence-corrected chi connectivity index (χ1v) is 10.2. The van der Waals surface area contributed by atoms with E-state index < -0.39 is 0 Å². The molecule has 28 heavy (non-hydrogen) atoms. The third kappa shape index (κ3) is 3.11. The molecule has 2 N–H and O–H groups in total. The number of carbonyl (C=O) groups excluding carboxylic acids is 1. The summed E-state index contributed by atoms with van der Waals surface area (Å²) >= 11 is 0. The fraction of sp³-hybridized carbons (Fsp3) is 0.500. The zero-order valence-corrected chi connectivity index (χ0v) is 16.1. The van der Waals surface area contributed by atoms with E-state index in [4.69, 9.17) is 4.74 Å². The molecule has 146 valence electrons. The average molecular weight is 378 g/mol. The first kappa shape index (κ1) is 17.5. The molecule has 4 saturated carbocycles. The van der Waals surface area contributed by atoms with Crippen molar-refractivity contribution in [2.45, 2.75) is 43.9 Å². The van der Waals surface area contributed by atoms with Crippen LogP contribution in [0, 0.1) is 17.8 Å². The summed E-state index contributed by atoms with van der Waals surface area (Å²) in [4.78, 5) is 12.4. The minimum Gasteiger partial charge on any atom is -0.497 e. The summed E-state index contributed by atoms with van der Waals surface area (Å²) in [5, 5.41) is 11.5. The minimum atomic E-state index is -0.281. The first-order valence-electron chi connectivity index (χ1n) is 10.2. The maximum atomic E-state index is 12.4. The van der Waals surface area contributed by atoms with Gasteiger partial charge in [0.1, 0.15) is 5.75 Å². The number of aromatic nitrogens is 2. The van der Waals surface area contributed by atoms with E-state index in [1.807, 2.05) is 30.3 Å². The summed E-state index contributed by atoms with van der Waals surface area (Å²) in [5.74, 6) is 3.09. The van der Waals surface area contributed by atoms with Crippen molar-refractivity contribution in [3.63, 3.8) is 0 Å². The maximum absolute atomic E-state index is 12.4. The predicted molar refractivity (Wildman–Crippen MR) is 106 cm³/mol. The molecule has 0 atom stereocenters. The highest BCUT2D eigenvalue weighted by molar-refractivity contribution is 5.93. The SMILES string of the molecule is COc1ccc(/C=N\NC(=O)c2cc(C34CC5CC(CC(C5)C3)C4)[nH]n2)cc1. The molecule has 4 aliphatic rings. The lowest BCUT2D eigenvalue weighted by molar-refractivity contribution is -0.00721. The van der Waals surface area contributed by atoms with E-state index in [2.05, 4.69) is 20.7 Å². The van der Waals surface area contributed by atoms with Gasteiger partial charge < -0.3 is 4.74 Å². The Labute approximate surface area is 164 Å². The summed E-state index contributed by atoms with van der Waals surface area (Å²) in [6.45, 7) is 0. The van der Waals surface area contributed by atoms with Crippen molar-refractivity contribution in [2.75, 3.05) is 7.11 Å². The molecule has 1 aromatic heterocycles. The zero-order chi connectivity index (χ0) is 19.1. The predicted octanol–water partition coefficient (Wildman–Crippen LogP) is 3.65. The van der Waals surface area contributed by atoms with Crippen LogP contribution in [0.1, 0.15) is 60.3 Å². The molecule has 0 unspecified atom stereocenters. The molecule has 1 amide bonds. The molecule has 0 radical (unpaired) electrons. The lowest BCUT2D eigenvalue weighted by Gasteiger charge is -2.56. The van der Waals surface area contributed by atoms with E-state index in [1.165, 1.54) is 38.5 Å². The van der Waals surface area contributed by atoms with Crippen LogP contribution >= 0.6 is 0 Å². The van der Waals surface area contributed by atoms with Crippen LogP contribution in [-0.2, 0) is 5.41 Å². The summed E-state index contributed by atoms with van der Waals surface area (Å²) in [6.07, 6.45) is 9.57. The Kier molecular flexibility index (Phi) is 4.22. The normalized spacial score (nSPS) is 30.7. The largest absolute Gasteiger partial charge is 0.497 e. The van der Waals surface area contributed by atoms with Gasteiger partial charge in [-0.05, 0) is 92.2 Å². The average Bonchev–Trinajstić information content (AvgIpc) is 3.19. The van der Waals surface area contributed by atoms with Gasteiger partial charge in [-0.1, -0.05) is 0 Å². The molecular weight excluding hydrogens is 352 g/mol. The molecule has 0 spiro atoms. The Morgan fingerprint density at radius 3 is 2.43 bits per heavy atom. The van der Waals surface area contributed by atoms with Crippen LogP contribution in [-0.4, -0.2) is 29.4 Å². The summed E-state index contributed by atoms with van der Waals surface area (Å²) in [6, 6.07) is 9.43. The standard InChI is InChI=1S/C22H26N4O2/c1-28-18-4-2-14(3-5-18)13-23-26-21(27)19-9-20(25-24-19)22-10-15-6-16(11-22)8-17(7-15)12-22/h2-5,9,13,15-17H,6-8,10-12H2,1H3,(H,24,25)(H,26,27)/b23-13-. The third-order valence-corrected chi connectivity index (χ3v) is 6.92. The lowest BCUT2D eigenvalue weighted by atomic mass is 9.49. The van der Waals surface area contributed by atoms with Gasteiger partial charge in [0.25, 0.3) is 5.91 Å². The number of benzene rings is 1. The number of ether oxygens (including phenoxy) is 1. The second-order valence-corrected chi connectivity index (χ2v) is 8.84. The Hall–Kier alpha value is -2.63. The van der Waals surface area contributed by atoms with Crippen molar-refractivity contribution in [3.8, 4) is 5.75 Å². The summed E-state index contributed by atoms with van der Waals surface area (Å²) < 4.78 is 5.13. The van der Waals surface area contributed by atoms with Crippen LogP contribution in [0.25, 0.3) is 0 Å². The number of methoxy groups -OCH3 is 1. The Bertz CT molecular complexity index is 864. The highest BCUT2D eigenvalue weighted by Gasteiger charge is 2.52. The molecule has 0 aliphatic heterocycles. The van der Waals surface area contributed by atoms with Crippen molar-refractivity contribution < 1.29 is 9.53 Å². The van der Waals surface area contributed by atoms with Crippen LogP contribution in [0.3, 0.4) is 0 Å². The van der Waals surface area contributed by atoms with Gasteiger partial charge in [0.15, 0.2) is 5.69 Å². The van der Waals surface area contributed by atoms with E-state index in [0.29, 0.717) is 5.69 Å². The number of nitrogens with one attached hydrogen (secondary N) is 2. The fourth-order valence-corrected chi connectivity index (χ4v) is 6.06. The number of rotatable bonds is 5. The number of hydrazone groups is 1. The quantitative estimate of drug-likeness (QED) is 0.616. The van der Waals surface area contributed by atoms with Crippen molar-refractivity contribution >= 4 is 12.1 Å². The molecule has 1 heterocycles. The number of hydrogen-bond donors (Lipinski definition) is 2. The van der Waals surface area contributed by atoms with E-state index in [-0.39, 0.29) is 11.3 Å². The number of carbonyl (C=O) groups is 1.